The van der Waals surface area contributed by atoms with Crippen LogP contribution in [-0.4, -0.2) is 35.6 Å². The van der Waals surface area contributed by atoms with Crippen molar-refractivity contribution in [2.45, 2.75) is 52.5 Å². The van der Waals surface area contributed by atoms with Crippen LogP contribution in [0, 0.1) is 12.8 Å². The number of carbonyl (C=O) groups is 2. The first kappa shape index (κ1) is 20.9. The summed E-state index contributed by atoms with van der Waals surface area (Å²) in [5.41, 5.74) is 7.50. The zero-order valence-corrected chi connectivity index (χ0v) is 17.5. The molecule has 7 heteroatoms. The topological polar surface area (TPSA) is 104 Å². The fraction of sp³-hybridized carbons (Fsp3) is 0.500. The van der Waals surface area contributed by atoms with E-state index < -0.39 is 11.5 Å². The summed E-state index contributed by atoms with van der Waals surface area (Å²) >= 11 is 0. The van der Waals surface area contributed by atoms with Gasteiger partial charge in [0.15, 0.2) is 0 Å². The molecule has 0 saturated heterocycles. The maximum atomic E-state index is 12.3. The Morgan fingerprint density at radius 2 is 2.03 bits per heavy atom. The molecule has 1 amide bonds. The number of nitrogens with zero attached hydrogens (tertiary/aromatic N) is 1. The number of rotatable bonds is 7. The van der Waals surface area contributed by atoms with Crippen molar-refractivity contribution in [3.63, 3.8) is 0 Å². The summed E-state index contributed by atoms with van der Waals surface area (Å²) in [6.45, 7) is 7.82. The predicted octanol–water partition coefficient (Wildman–Crippen LogP) is 3.38. The summed E-state index contributed by atoms with van der Waals surface area (Å²) in [6, 6.07) is 5.44. The third kappa shape index (κ3) is 4.44. The van der Waals surface area contributed by atoms with E-state index in [-0.39, 0.29) is 36.3 Å². The van der Waals surface area contributed by atoms with Crippen molar-refractivity contribution in [3.05, 3.63) is 29.5 Å². The van der Waals surface area contributed by atoms with Gasteiger partial charge in [0.2, 0.25) is 5.91 Å². The molecule has 156 valence electrons. The number of aryl methyl sites for hydroxylation is 1. The van der Waals surface area contributed by atoms with Gasteiger partial charge in [0, 0.05) is 5.92 Å². The van der Waals surface area contributed by atoms with Crippen molar-refractivity contribution in [3.8, 4) is 5.75 Å². The molecule has 0 spiro atoms. The van der Waals surface area contributed by atoms with Crippen LogP contribution >= 0.6 is 0 Å². The number of aromatic nitrogens is 1. The maximum absolute atomic E-state index is 12.3. The smallest absolute Gasteiger partial charge is 0.342 e. The van der Waals surface area contributed by atoms with Gasteiger partial charge in [0.1, 0.15) is 17.9 Å². The number of benzene rings is 1. The molecule has 7 nitrogen and oxygen atoms in total. The average molecular weight is 399 g/mol. The Morgan fingerprint density at radius 1 is 1.31 bits per heavy atom. The standard InChI is InChI=1S/C22H29N3O4/c1-5-28-21(27)17-13(2)24-15-10-7-11-16(18(15)19(17)23)29-12-22(3,4)25-20(26)14-8-6-9-14/h7,10-11,14H,5-6,8-9,12H2,1-4H3,(H2,23,24)(H,25,26). The van der Waals surface area contributed by atoms with Crippen LogP contribution in [0.3, 0.4) is 0 Å². The van der Waals surface area contributed by atoms with Crippen molar-refractivity contribution >= 4 is 28.5 Å². The summed E-state index contributed by atoms with van der Waals surface area (Å²) in [6.07, 6.45) is 3.01. The van der Waals surface area contributed by atoms with E-state index in [4.69, 9.17) is 15.2 Å². The van der Waals surface area contributed by atoms with Crippen LogP contribution in [0.25, 0.3) is 10.9 Å². The van der Waals surface area contributed by atoms with Crippen LogP contribution in [0.5, 0.6) is 5.75 Å². The van der Waals surface area contributed by atoms with Gasteiger partial charge in [-0.05, 0) is 52.7 Å². The average Bonchev–Trinajstić information content (AvgIpc) is 2.57. The van der Waals surface area contributed by atoms with E-state index >= 15 is 0 Å². The largest absolute Gasteiger partial charge is 0.490 e. The van der Waals surface area contributed by atoms with Crippen molar-refractivity contribution in [1.82, 2.24) is 10.3 Å². The molecule has 29 heavy (non-hydrogen) atoms. The molecule has 1 aliphatic carbocycles. The molecule has 1 saturated carbocycles. The molecule has 0 radical (unpaired) electrons. The summed E-state index contributed by atoms with van der Waals surface area (Å²) in [4.78, 5) is 29.1. The lowest BCUT2D eigenvalue weighted by molar-refractivity contribution is -0.129. The van der Waals surface area contributed by atoms with Gasteiger partial charge in [-0.1, -0.05) is 12.5 Å². The Bertz CT molecular complexity index is 935. The fourth-order valence-corrected chi connectivity index (χ4v) is 3.42. The van der Waals surface area contributed by atoms with Crippen molar-refractivity contribution < 1.29 is 19.1 Å². The molecule has 0 bridgehead atoms. The number of nitrogen functional groups attached to an aromatic ring is 1. The molecule has 0 atom stereocenters. The van der Waals surface area contributed by atoms with Gasteiger partial charge in [-0.15, -0.1) is 0 Å². The molecule has 1 aromatic carbocycles. The molecular formula is C22H29N3O4. The summed E-state index contributed by atoms with van der Waals surface area (Å²) < 4.78 is 11.2. The van der Waals surface area contributed by atoms with Crippen molar-refractivity contribution in [2.24, 2.45) is 5.92 Å². The highest BCUT2D eigenvalue weighted by Gasteiger charge is 2.30. The van der Waals surface area contributed by atoms with Crippen LogP contribution in [0.1, 0.15) is 56.1 Å². The molecule has 2 aromatic rings. The van der Waals surface area contributed by atoms with Crippen LogP contribution in [-0.2, 0) is 9.53 Å². The minimum Gasteiger partial charge on any atom is -0.490 e. The highest BCUT2D eigenvalue weighted by atomic mass is 16.5. The number of fused-ring (bicyclic) bond motifs is 1. The van der Waals surface area contributed by atoms with E-state index in [9.17, 15) is 9.59 Å². The molecule has 0 unspecified atom stereocenters. The number of pyridine rings is 1. The monoisotopic (exact) mass is 399 g/mol. The van der Waals surface area contributed by atoms with Gasteiger partial charge in [0.05, 0.1) is 34.4 Å². The second-order valence-electron chi connectivity index (χ2n) is 8.15. The van der Waals surface area contributed by atoms with E-state index in [2.05, 4.69) is 10.3 Å². The van der Waals surface area contributed by atoms with Crippen LogP contribution in [0.4, 0.5) is 5.69 Å². The summed E-state index contributed by atoms with van der Waals surface area (Å²) in [5, 5.41) is 3.63. The number of nitrogens with one attached hydrogen (secondary N) is 1. The molecule has 1 aliphatic rings. The normalized spacial score (nSPS) is 14.3. The van der Waals surface area contributed by atoms with E-state index in [0.717, 1.165) is 19.3 Å². The zero-order valence-electron chi connectivity index (χ0n) is 17.5. The number of esters is 1. The third-order valence-corrected chi connectivity index (χ3v) is 5.20. The Balaban J connectivity index is 1.86. The number of nitrogens with two attached hydrogens (primary N) is 1. The first-order valence-electron chi connectivity index (χ1n) is 10.0. The molecule has 1 heterocycles. The SMILES string of the molecule is CCOC(=O)c1c(C)nc2cccc(OCC(C)(C)NC(=O)C3CCC3)c2c1N. The minimum absolute atomic E-state index is 0.0733. The second kappa shape index (κ2) is 8.27. The Kier molecular flexibility index (Phi) is 5.96. The van der Waals surface area contributed by atoms with Gasteiger partial charge < -0.3 is 20.5 Å². The molecular weight excluding hydrogens is 370 g/mol. The highest BCUT2D eigenvalue weighted by Crippen LogP contribution is 2.34. The first-order valence-corrected chi connectivity index (χ1v) is 10.0. The third-order valence-electron chi connectivity index (χ3n) is 5.20. The Morgan fingerprint density at radius 3 is 2.66 bits per heavy atom. The minimum atomic E-state index is -0.550. The lowest BCUT2D eigenvalue weighted by atomic mass is 9.84. The van der Waals surface area contributed by atoms with Crippen LogP contribution in [0.2, 0.25) is 0 Å². The summed E-state index contributed by atoms with van der Waals surface area (Å²) in [5.74, 6) is 0.203. The van der Waals surface area contributed by atoms with Gasteiger partial charge in [-0.3, -0.25) is 9.78 Å². The lowest BCUT2D eigenvalue weighted by Gasteiger charge is -2.31. The van der Waals surface area contributed by atoms with E-state index in [1.807, 2.05) is 26.0 Å². The quantitative estimate of drug-likeness (QED) is 0.692. The number of anilines is 1. The van der Waals surface area contributed by atoms with Crippen LogP contribution in [0.15, 0.2) is 18.2 Å². The number of amides is 1. The number of hydrogen-bond donors (Lipinski definition) is 2. The molecule has 3 N–H and O–H groups in total. The second-order valence-corrected chi connectivity index (χ2v) is 8.15. The maximum Gasteiger partial charge on any atom is 0.342 e. The number of carbonyl (C=O) groups excluding carboxylic acids is 2. The Labute approximate surface area is 171 Å². The van der Waals surface area contributed by atoms with Gasteiger partial charge >= 0.3 is 5.97 Å². The van der Waals surface area contributed by atoms with Crippen LogP contribution < -0.4 is 15.8 Å². The molecule has 0 aliphatic heterocycles. The number of ether oxygens (including phenoxy) is 2. The van der Waals surface area contributed by atoms with E-state index in [1.54, 1.807) is 19.9 Å². The summed E-state index contributed by atoms with van der Waals surface area (Å²) in [7, 11) is 0. The van der Waals surface area contributed by atoms with Crippen molar-refractivity contribution in [2.75, 3.05) is 18.9 Å². The lowest BCUT2D eigenvalue weighted by Crippen LogP contribution is -2.50. The van der Waals surface area contributed by atoms with Gasteiger partial charge in [-0.25, -0.2) is 4.79 Å². The molecule has 1 fully saturated rings. The van der Waals surface area contributed by atoms with Gasteiger partial charge in [-0.2, -0.15) is 0 Å². The molecule has 3 rings (SSSR count). The Hall–Kier alpha value is -2.83. The fourth-order valence-electron chi connectivity index (χ4n) is 3.42. The first-order chi connectivity index (χ1) is 13.7. The zero-order chi connectivity index (χ0) is 21.2. The predicted molar refractivity (Wildman–Crippen MR) is 112 cm³/mol. The van der Waals surface area contributed by atoms with Gasteiger partial charge in [0.25, 0.3) is 0 Å². The van der Waals surface area contributed by atoms with Crippen molar-refractivity contribution in [1.29, 1.82) is 0 Å². The number of hydrogen-bond acceptors (Lipinski definition) is 6. The molecule has 1 aromatic heterocycles. The highest BCUT2D eigenvalue weighted by molar-refractivity contribution is 6.07. The van der Waals surface area contributed by atoms with E-state index in [1.165, 1.54) is 0 Å². The van der Waals surface area contributed by atoms with E-state index in [0.29, 0.717) is 22.3 Å².